The number of rotatable bonds is 1. The van der Waals surface area contributed by atoms with Crippen LogP contribution in [0.25, 0.3) is 11.0 Å². The van der Waals surface area contributed by atoms with Crippen molar-refractivity contribution in [1.82, 2.24) is 5.32 Å². The number of ether oxygens (including phenoxy) is 1. The van der Waals surface area contributed by atoms with Gasteiger partial charge in [0, 0.05) is 18.0 Å². The Morgan fingerprint density at radius 2 is 2.06 bits per heavy atom. The SMILES string of the molecule is CC1COC(c2cc3ccccc3o2)CNC1C. The smallest absolute Gasteiger partial charge is 0.135 e. The molecule has 3 nitrogen and oxygen atoms in total. The summed E-state index contributed by atoms with van der Waals surface area (Å²) in [6.45, 7) is 5.99. The Labute approximate surface area is 107 Å². The molecule has 1 aliphatic rings. The fourth-order valence-corrected chi connectivity index (χ4v) is 2.31. The van der Waals surface area contributed by atoms with E-state index in [2.05, 4.69) is 31.3 Å². The standard InChI is InChI=1S/C15H19NO2/c1-10-9-17-15(8-16-11(10)2)14-7-12-5-3-4-6-13(12)18-14/h3-7,10-11,15-16H,8-9H2,1-2H3. The van der Waals surface area contributed by atoms with Gasteiger partial charge in [-0.3, -0.25) is 0 Å². The van der Waals surface area contributed by atoms with E-state index in [9.17, 15) is 0 Å². The van der Waals surface area contributed by atoms with Crippen LogP contribution in [0.4, 0.5) is 0 Å². The van der Waals surface area contributed by atoms with Crippen LogP contribution in [0, 0.1) is 5.92 Å². The largest absolute Gasteiger partial charge is 0.458 e. The third-order valence-corrected chi connectivity index (χ3v) is 3.80. The van der Waals surface area contributed by atoms with Crippen LogP contribution < -0.4 is 5.32 Å². The molecule has 0 bridgehead atoms. The molecule has 1 aromatic carbocycles. The zero-order chi connectivity index (χ0) is 12.5. The minimum atomic E-state index is 0.0183. The van der Waals surface area contributed by atoms with Crippen LogP contribution in [-0.2, 0) is 4.74 Å². The molecule has 96 valence electrons. The molecule has 3 unspecified atom stereocenters. The second-order valence-electron chi connectivity index (χ2n) is 5.18. The lowest BCUT2D eigenvalue weighted by atomic mass is 10.1. The van der Waals surface area contributed by atoms with E-state index in [1.807, 2.05) is 18.2 Å². The van der Waals surface area contributed by atoms with Gasteiger partial charge in [-0.05, 0) is 25.0 Å². The van der Waals surface area contributed by atoms with Crippen molar-refractivity contribution in [2.45, 2.75) is 26.0 Å². The van der Waals surface area contributed by atoms with E-state index in [0.717, 1.165) is 29.9 Å². The van der Waals surface area contributed by atoms with Gasteiger partial charge in [-0.2, -0.15) is 0 Å². The molecule has 1 aliphatic heterocycles. The Bertz CT molecular complexity index is 489. The first-order chi connectivity index (χ1) is 8.74. The highest BCUT2D eigenvalue weighted by atomic mass is 16.5. The molecule has 0 aliphatic carbocycles. The van der Waals surface area contributed by atoms with E-state index in [4.69, 9.17) is 9.15 Å². The number of fused-ring (bicyclic) bond motifs is 1. The summed E-state index contributed by atoms with van der Waals surface area (Å²) in [5.41, 5.74) is 0.932. The van der Waals surface area contributed by atoms with E-state index < -0.39 is 0 Å². The quantitative estimate of drug-likeness (QED) is 0.838. The third-order valence-electron chi connectivity index (χ3n) is 3.80. The number of nitrogens with one attached hydrogen (secondary N) is 1. The summed E-state index contributed by atoms with van der Waals surface area (Å²) in [6, 6.07) is 10.7. The Morgan fingerprint density at radius 3 is 2.89 bits per heavy atom. The molecule has 18 heavy (non-hydrogen) atoms. The summed E-state index contributed by atoms with van der Waals surface area (Å²) in [5, 5.41) is 4.64. The van der Waals surface area contributed by atoms with E-state index in [-0.39, 0.29) is 6.10 Å². The Kier molecular flexibility index (Phi) is 3.10. The summed E-state index contributed by atoms with van der Waals surface area (Å²) in [6.07, 6.45) is 0.0183. The monoisotopic (exact) mass is 245 g/mol. The molecule has 1 aromatic heterocycles. The minimum Gasteiger partial charge on any atom is -0.458 e. The first-order valence-electron chi connectivity index (χ1n) is 6.57. The molecule has 3 rings (SSSR count). The van der Waals surface area contributed by atoms with Gasteiger partial charge in [-0.1, -0.05) is 25.1 Å². The molecule has 1 N–H and O–H groups in total. The van der Waals surface area contributed by atoms with E-state index >= 15 is 0 Å². The van der Waals surface area contributed by atoms with Crippen LogP contribution in [0.3, 0.4) is 0 Å². The van der Waals surface area contributed by atoms with Crippen molar-refractivity contribution in [2.24, 2.45) is 5.92 Å². The molecule has 2 heterocycles. The summed E-state index contributed by atoms with van der Waals surface area (Å²) < 4.78 is 11.8. The first kappa shape index (κ1) is 11.8. The summed E-state index contributed by atoms with van der Waals surface area (Å²) in [7, 11) is 0. The first-order valence-corrected chi connectivity index (χ1v) is 6.57. The summed E-state index contributed by atoms with van der Waals surface area (Å²) in [4.78, 5) is 0. The van der Waals surface area contributed by atoms with Gasteiger partial charge in [0.1, 0.15) is 17.4 Å². The second-order valence-corrected chi connectivity index (χ2v) is 5.18. The van der Waals surface area contributed by atoms with Gasteiger partial charge < -0.3 is 14.5 Å². The number of hydrogen-bond acceptors (Lipinski definition) is 3. The van der Waals surface area contributed by atoms with Gasteiger partial charge in [-0.25, -0.2) is 0 Å². The normalized spacial score (nSPS) is 29.3. The summed E-state index contributed by atoms with van der Waals surface area (Å²) >= 11 is 0. The Balaban J connectivity index is 1.85. The lowest BCUT2D eigenvalue weighted by Crippen LogP contribution is -2.32. The molecule has 0 radical (unpaired) electrons. The zero-order valence-electron chi connectivity index (χ0n) is 10.8. The van der Waals surface area contributed by atoms with Gasteiger partial charge in [0.05, 0.1) is 6.61 Å². The van der Waals surface area contributed by atoms with E-state index in [1.165, 1.54) is 0 Å². The number of furan rings is 1. The fourth-order valence-electron chi connectivity index (χ4n) is 2.31. The lowest BCUT2D eigenvalue weighted by Gasteiger charge is -2.15. The van der Waals surface area contributed by atoms with Gasteiger partial charge in [0.15, 0.2) is 0 Å². The predicted molar refractivity (Wildman–Crippen MR) is 71.5 cm³/mol. The lowest BCUT2D eigenvalue weighted by molar-refractivity contribution is 0.0370. The van der Waals surface area contributed by atoms with Crippen LogP contribution in [0.5, 0.6) is 0 Å². The van der Waals surface area contributed by atoms with Gasteiger partial charge >= 0.3 is 0 Å². The number of benzene rings is 1. The van der Waals surface area contributed by atoms with Crippen molar-refractivity contribution < 1.29 is 9.15 Å². The van der Waals surface area contributed by atoms with Crippen molar-refractivity contribution in [3.8, 4) is 0 Å². The Hall–Kier alpha value is -1.32. The maximum Gasteiger partial charge on any atom is 0.135 e. The topological polar surface area (TPSA) is 34.4 Å². The van der Waals surface area contributed by atoms with Crippen LogP contribution in [-0.4, -0.2) is 19.2 Å². The van der Waals surface area contributed by atoms with Gasteiger partial charge in [-0.15, -0.1) is 0 Å². The predicted octanol–water partition coefficient (Wildman–Crippen LogP) is 3.12. The molecule has 1 saturated heterocycles. The van der Waals surface area contributed by atoms with Crippen molar-refractivity contribution >= 4 is 11.0 Å². The number of para-hydroxylation sites is 1. The molecule has 3 atom stereocenters. The molecular weight excluding hydrogens is 226 g/mol. The highest BCUT2D eigenvalue weighted by Gasteiger charge is 2.24. The van der Waals surface area contributed by atoms with Gasteiger partial charge in [0.2, 0.25) is 0 Å². The highest BCUT2D eigenvalue weighted by molar-refractivity contribution is 5.77. The molecule has 3 heteroatoms. The highest BCUT2D eigenvalue weighted by Crippen LogP contribution is 2.27. The Morgan fingerprint density at radius 1 is 1.22 bits per heavy atom. The number of hydrogen-bond donors (Lipinski definition) is 1. The molecule has 0 amide bonds. The van der Waals surface area contributed by atoms with Crippen molar-refractivity contribution in [1.29, 1.82) is 0 Å². The maximum atomic E-state index is 5.94. The van der Waals surface area contributed by atoms with Gasteiger partial charge in [0.25, 0.3) is 0 Å². The zero-order valence-corrected chi connectivity index (χ0v) is 10.8. The molecular formula is C15H19NO2. The second kappa shape index (κ2) is 4.75. The average Bonchev–Trinajstić information content (AvgIpc) is 2.74. The van der Waals surface area contributed by atoms with Crippen LogP contribution >= 0.6 is 0 Å². The minimum absolute atomic E-state index is 0.0183. The molecule has 1 fully saturated rings. The van der Waals surface area contributed by atoms with E-state index in [0.29, 0.717) is 12.0 Å². The van der Waals surface area contributed by atoms with Crippen LogP contribution in [0.1, 0.15) is 25.7 Å². The van der Waals surface area contributed by atoms with Crippen molar-refractivity contribution in [3.63, 3.8) is 0 Å². The molecule has 2 aromatic rings. The van der Waals surface area contributed by atoms with Crippen molar-refractivity contribution in [3.05, 3.63) is 36.1 Å². The molecule has 0 spiro atoms. The van der Waals surface area contributed by atoms with Crippen molar-refractivity contribution in [2.75, 3.05) is 13.2 Å². The van der Waals surface area contributed by atoms with Crippen LogP contribution in [0.2, 0.25) is 0 Å². The van der Waals surface area contributed by atoms with Crippen LogP contribution in [0.15, 0.2) is 34.7 Å². The molecule has 0 saturated carbocycles. The average molecular weight is 245 g/mol. The maximum absolute atomic E-state index is 5.94. The fraction of sp³-hybridized carbons (Fsp3) is 0.467. The summed E-state index contributed by atoms with van der Waals surface area (Å²) in [5.74, 6) is 1.45. The third kappa shape index (κ3) is 2.16. The van der Waals surface area contributed by atoms with E-state index in [1.54, 1.807) is 0 Å².